The van der Waals surface area contributed by atoms with Crippen LogP contribution in [0, 0.1) is 0 Å². The third-order valence-electron chi connectivity index (χ3n) is 7.07. The van der Waals surface area contributed by atoms with Gasteiger partial charge in [0.25, 0.3) is 5.91 Å². The van der Waals surface area contributed by atoms with E-state index in [1.165, 1.54) is 7.05 Å². The van der Waals surface area contributed by atoms with Gasteiger partial charge in [-0.3, -0.25) is 9.59 Å². The number of likely N-dealkylation sites (N-methyl/N-ethyl adjacent to an activating group) is 1. The van der Waals surface area contributed by atoms with Gasteiger partial charge in [-0.1, -0.05) is 66.2 Å². The molecular formula is C32H27ClF6N2O2. The van der Waals surface area contributed by atoms with Gasteiger partial charge in [0.1, 0.15) is 0 Å². The molecule has 0 heterocycles. The Hall–Kier alpha value is -4.05. The Labute approximate surface area is 249 Å². The fourth-order valence-electron chi connectivity index (χ4n) is 4.75. The first-order chi connectivity index (χ1) is 20.2. The summed E-state index contributed by atoms with van der Waals surface area (Å²) in [5.74, 6) is -1.37. The third kappa shape index (κ3) is 8.50. The maximum absolute atomic E-state index is 13.5. The van der Waals surface area contributed by atoms with Crippen LogP contribution in [0.25, 0.3) is 10.8 Å². The first kappa shape index (κ1) is 31.9. The minimum absolute atomic E-state index is 0.0202. The molecule has 0 aliphatic heterocycles. The summed E-state index contributed by atoms with van der Waals surface area (Å²) in [5.41, 5.74) is -2.36. The fourth-order valence-corrected chi connectivity index (χ4v) is 4.96. The molecule has 0 saturated carbocycles. The van der Waals surface area contributed by atoms with Crippen molar-refractivity contribution in [1.29, 1.82) is 0 Å². The molecule has 11 heteroatoms. The van der Waals surface area contributed by atoms with Gasteiger partial charge in [-0.25, -0.2) is 0 Å². The molecule has 2 amide bonds. The number of benzene rings is 4. The summed E-state index contributed by atoms with van der Waals surface area (Å²) in [6.07, 6.45) is -9.94. The van der Waals surface area contributed by atoms with Crippen LogP contribution < -0.4 is 5.32 Å². The maximum atomic E-state index is 13.5. The fraction of sp³-hybridized carbons (Fsp3) is 0.250. The van der Waals surface area contributed by atoms with Crippen LogP contribution in [0.15, 0.2) is 84.9 Å². The van der Waals surface area contributed by atoms with Gasteiger partial charge < -0.3 is 10.2 Å². The number of hydrogen-bond donors (Lipinski definition) is 1. The summed E-state index contributed by atoms with van der Waals surface area (Å²) < 4.78 is 80.7. The summed E-state index contributed by atoms with van der Waals surface area (Å²) in [7, 11) is 1.31. The molecule has 4 aromatic rings. The molecule has 43 heavy (non-hydrogen) atoms. The number of fused-ring (bicyclic) bond motifs is 1. The minimum Gasteiger partial charge on any atom is -0.352 e. The van der Waals surface area contributed by atoms with Crippen LogP contribution in [0.2, 0.25) is 5.02 Å². The molecule has 4 aromatic carbocycles. The Morgan fingerprint density at radius 1 is 0.791 bits per heavy atom. The van der Waals surface area contributed by atoms with Gasteiger partial charge >= 0.3 is 12.4 Å². The summed E-state index contributed by atoms with van der Waals surface area (Å²) >= 11 is 5.99. The lowest BCUT2D eigenvalue weighted by Crippen LogP contribution is -2.39. The van der Waals surface area contributed by atoms with Crippen LogP contribution >= 0.6 is 11.6 Å². The van der Waals surface area contributed by atoms with Gasteiger partial charge in [0.15, 0.2) is 0 Å². The predicted molar refractivity (Wildman–Crippen MR) is 153 cm³/mol. The highest BCUT2D eigenvalue weighted by Crippen LogP contribution is 2.36. The number of halogens is 7. The summed E-state index contributed by atoms with van der Waals surface area (Å²) in [4.78, 5) is 27.2. The molecule has 4 rings (SSSR count). The van der Waals surface area contributed by atoms with E-state index in [1.807, 2.05) is 42.5 Å². The zero-order valence-corrected chi connectivity index (χ0v) is 23.7. The lowest BCUT2D eigenvalue weighted by atomic mass is 9.97. The molecule has 0 aliphatic rings. The summed E-state index contributed by atoms with van der Waals surface area (Å²) in [6.45, 7) is 0.202. The van der Waals surface area contributed by atoms with Crippen molar-refractivity contribution in [1.82, 2.24) is 10.2 Å². The van der Waals surface area contributed by atoms with Crippen molar-refractivity contribution >= 4 is 34.2 Å². The maximum Gasteiger partial charge on any atom is 0.416 e. The lowest BCUT2D eigenvalue weighted by Gasteiger charge is -2.29. The van der Waals surface area contributed by atoms with Crippen molar-refractivity contribution in [2.24, 2.45) is 0 Å². The molecule has 1 unspecified atom stereocenters. The van der Waals surface area contributed by atoms with Crippen LogP contribution in [0.5, 0.6) is 0 Å². The van der Waals surface area contributed by atoms with Gasteiger partial charge in [-0.05, 0) is 65.1 Å². The molecule has 4 nitrogen and oxygen atoms in total. The average molecular weight is 621 g/mol. The molecule has 0 aromatic heterocycles. The number of carbonyl (C=O) groups is 2. The van der Waals surface area contributed by atoms with E-state index in [0.29, 0.717) is 17.2 Å². The van der Waals surface area contributed by atoms with Crippen LogP contribution in [0.3, 0.4) is 0 Å². The molecular weight excluding hydrogens is 594 g/mol. The standard InChI is InChI=1S/C32H27ClF6N2O2/c1-41(30(43)24-16-25(31(34,35)36)18-26(17-24)32(37,38)39)28(15-20-9-10-22-6-2-3-7-23(22)13-20)11-12-29(42)40-19-21-5-4-8-27(33)14-21/h2-10,13-14,16-18,28H,11-12,15,19H2,1H3,(H,40,42). The van der Waals surface area contributed by atoms with E-state index in [4.69, 9.17) is 11.6 Å². The van der Waals surface area contributed by atoms with E-state index in [-0.39, 0.29) is 37.8 Å². The molecule has 0 spiro atoms. The van der Waals surface area contributed by atoms with Gasteiger partial charge in [0.2, 0.25) is 5.91 Å². The number of hydrogen-bond acceptors (Lipinski definition) is 2. The number of nitrogens with one attached hydrogen (secondary N) is 1. The molecule has 0 aliphatic carbocycles. The molecule has 0 fully saturated rings. The molecule has 1 N–H and O–H groups in total. The zero-order valence-electron chi connectivity index (χ0n) is 22.9. The molecule has 1 atom stereocenters. The van der Waals surface area contributed by atoms with Crippen molar-refractivity contribution in [3.8, 4) is 0 Å². The van der Waals surface area contributed by atoms with Crippen LogP contribution in [-0.2, 0) is 30.1 Å². The van der Waals surface area contributed by atoms with Crippen molar-refractivity contribution in [3.63, 3.8) is 0 Å². The summed E-state index contributed by atoms with van der Waals surface area (Å²) in [5, 5.41) is 5.16. The molecule has 0 bridgehead atoms. The van der Waals surface area contributed by atoms with Gasteiger partial charge in [0.05, 0.1) is 11.1 Å². The lowest BCUT2D eigenvalue weighted by molar-refractivity contribution is -0.143. The highest BCUT2D eigenvalue weighted by atomic mass is 35.5. The largest absolute Gasteiger partial charge is 0.416 e. The number of amides is 2. The van der Waals surface area contributed by atoms with Crippen molar-refractivity contribution in [3.05, 3.63) is 118 Å². The SMILES string of the molecule is CN(C(=O)c1cc(C(F)(F)F)cc(C(F)(F)F)c1)C(CCC(=O)NCc1cccc(Cl)c1)Cc1ccc2ccccc2c1. The van der Waals surface area contributed by atoms with Gasteiger partial charge in [-0.15, -0.1) is 0 Å². The Balaban J connectivity index is 1.59. The quantitative estimate of drug-likeness (QED) is 0.191. The van der Waals surface area contributed by atoms with Crippen LogP contribution in [0.4, 0.5) is 26.3 Å². The number of alkyl halides is 6. The number of nitrogens with zero attached hydrogens (tertiary/aromatic N) is 1. The second-order valence-electron chi connectivity index (χ2n) is 10.2. The highest BCUT2D eigenvalue weighted by Gasteiger charge is 2.38. The van der Waals surface area contributed by atoms with Crippen molar-refractivity contribution in [2.45, 2.75) is 44.2 Å². The Kier molecular flexibility index (Phi) is 9.69. The Bertz CT molecular complexity index is 1590. The van der Waals surface area contributed by atoms with E-state index in [2.05, 4.69) is 5.32 Å². The molecule has 0 radical (unpaired) electrons. The normalized spacial score (nSPS) is 12.7. The van der Waals surface area contributed by atoms with Gasteiger partial charge in [-0.2, -0.15) is 26.3 Å². The van der Waals surface area contributed by atoms with E-state index in [0.717, 1.165) is 26.8 Å². The Morgan fingerprint density at radius 3 is 2.07 bits per heavy atom. The predicted octanol–water partition coefficient (Wildman–Crippen LogP) is 8.31. The van der Waals surface area contributed by atoms with Gasteiger partial charge in [0, 0.05) is 36.6 Å². The van der Waals surface area contributed by atoms with E-state index in [1.54, 1.807) is 24.3 Å². The molecule has 0 saturated heterocycles. The topological polar surface area (TPSA) is 49.4 Å². The van der Waals surface area contributed by atoms with Crippen LogP contribution in [0.1, 0.15) is 45.5 Å². The summed E-state index contributed by atoms with van der Waals surface area (Å²) in [6, 6.07) is 20.1. The van der Waals surface area contributed by atoms with E-state index in [9.17, 15) is 35.9 Å². The second kappa shape index (κ2) is 13.1. The first-order valence-electron chi connectivity index (χ1n) is 13.3. The smallest absolute Gasteiger partial charge is 0.352 e. The highest BCUT2D eigenvalue weighted by molar-refractivity contribution is 6.30. The van der Waals surface area contributed by atoms with E-state index >= 15 is 0 Å². The molecule has 226 valence electrons. The second-order valence-corrected chi connectivity index (χ2v) is 10.6. The Morgan fingerprint density at radius 2 is 1.44 bits per heavy atom. The zero-order chi connectivity index (χ0) is 31.4. The number of rotatable bonds is 9. The monoisotopic (exact) mass is 620 g/mol. The minimum atomic E-state index is -5.10. The van der Waals surface area contributed by atoms with Crippen molar-refractivity contribution < 1.29 is 35.9 Å². The van der Waals surface area contributed by atoms with Crippen LogP contribution in [-0.4, -0.2) is 29.8 Å². The average Bonchev–Trinajstić information content (AvgIpc) is 2.96. The van der Waals surface area contributed by atoms with Crippen molar-refractivity contribution in [2.75, 3.05) is 7.05 Å². The van der Waals surface area contributed by atoms with E-state index < -0.39 is 41.0 Å². The first-order valence-corrected chi connectivity index (χ1v) is 13.6. The third-order valence-corrected chi connectivity index (χ3v) is 7.31. The number of carbonyl (C=O) groups excluding carboxylic acids is 2.